The summed E-state index contributed by atoms with van der Waals surface area (Å²) in [5, 5.41) is 1.86. The Morgan fingerprint density at radius 3 is 2.38 bits per heavy atom. The predicted octanol–water partition coefficient (Wildman–Crippen LogP) is 4.84. The highest BCUT2D eigenvalue weighted by atomic mass is 19.4. The van der Waals surface area contributed by atoms with Crippen LogP contribution in [-0.2, 0) is 12.6 Å². The molecule has 0 fully saturated rings. The first-order chi connectivity index (χ1) is 10.1. The van der Waals surface area contributed by atoms with Crippen LogP contribution >= 0.6 is 0 Å². The highest BCUT2D eigenvalue weighted by Crippen LogP contribution is 2.33. The minimum absolute atomic E-state index is 0.164. The fourth-order valence-electron chi connectivity index (χ4n) is 2.45. The summed E-state index contributed by atoms with van der Waals surface area (Å²) in [4.78, 5) is 4.26. The molecule has 0 unspecified atom stereocenters. The van der Waals surface area contributed by atoms with Crippen molar-refractivity contribution >= 4 is 10.8 Å². The minimum atomic E-state index is -4.35. The molecule has 0 saturated heterocycles. The quantitative estimate of drug-likeness (QED) is 0.657. The molecule has 0 atom stereocenters. The van der Waals surface area contributed by atoms with Gasteiger partial charge in [-0.15, -0.1) is 0 Å². The van der Waals surface area contributed by atoms with Crippen molar-refractivity contribution in [2.75, 3.05) is 0 Å². The van der Waals surface area contributed by atoms with Gasteiger partial charge in [0.25, 0.3) is 0 Å². The summed E-state index contributed by atoms with van der Waals surface area (Å²) in [6.07, 6.45) is -2.55. The molecule has 1 nitrogen and oxygen atoms in total. The van der Waals surface area contributed by atoms with Gasteiger partial charge in [0.05, 0.1) is 11.3 Å². The van der Waals surface area contributed by atoms with Crippen molar-refractivity contribution < 1.29 is 13.2 Å². The van der Waals surface area contributed by atoms with Gasteiger partial charge in [-0.1, -0.05) is 42.5 Å². The van der Waals surface area contributed by atoms with E-state index in [-0.39, 0.29) is 12.0 Å². The molecule has 0 aliphatic heterocycles. The van der Waals surface area contributed by atoms with Gasteiger partial charge in [-0.05, 0) is 23.1 Å². The first-order valence-corrected chi connectivity index (χ1v) is 6.53. The zero-order valence-electron chi connectivity index (χ0n) is 11.1. The molecule has 3 aromatic rings. The van der Waals surface area contributed by atoms with Gasteiger partial charge >= 0.3 is 6.18 Å². The van der Waals surface area contributed by atoms with Crippen molar-refractivity contribution in [1.29, 1.82) is 0 Å². The van der Waals surface area contributed by atoms with Crippen LogP contribution < -0.4 is 0 Å². The predicted molar refractivity (Wildman–Crippen MR) is 76.0 cm³/mol. The highest BCUT2D eigenvalue weighted by Gasteiger charge is 2.32. The molecule has 106 valence electrons. The van der Waals surface area contributed by atoms with Crippen LogP contribution in [0.15, 0.2) is 60.8 Å². The Morgan fingerprint density at radius 1 is 0.857 bits per heavy atom. The van der Waals surface area contributed by atoms with Gasteiger partial charge in [-0.25, -0.2) is 0 Å². The molecule has 0 saturated carbocycles. The largest absolute Gasteiger partial charge is 0.416 e. The highest BCUT2D eigenvalue weighted by molar-refractivity contribution is 5.84. The lowest BCUT2D eigenvalue weighted by molar-refractivity contribution is -0.138. The number of fused-ring (bicyclic) bond motifs is 1. The first kappa shape index (κ1) is 13.6. The van der Waals surface area contributed by atoms with Crippen LogP contribution in [0.5, 0.6) is 0 Å². The number of hydrogen-bond acceptors (Lipinski definition) is 1. The van der Waals surface area contributed by atoms with E-state index in [1.165, 1.54) is 12.1 Å². The van der Waals surface area contributed by atoms with Crippen LogP contribution in [0.1, 0.15) is 16.8 Å². The van der Waals surface area contributed by atoms with E-state index in [9.17, 15) is 13.2 Å². The summed E-state index contributed by atoms with van der Waals surface area (Å²) in [7, 11) is 0. The van der Waals surface area contributed by atoms with Crippen LogP contribution in [0, 0.1) is 0 Å². The van der Waals surface area contributed by atoms with Gasteiger partial charge in [0.15, 0.2) is 0 Å². The Labute approximate surface area is 120 Å². The van der Waals surface area contributed by atoms with E-state index < -0.39 is 11.7 Å². The molecule has 0 bridgehead atoms. The lowest BCUT2D eigenvalue weighted by Crippen LogP contribution is -2.09. The van der Waals surface area contributed by atoms with Crippen molar-refractivity contribution in [2.24, 2.45) is 0 Å². The average Bonchev–Trinajstić information content (AvgIpc) is 2.47. The maximum atomic E-state index is 13.0. The number of nitrogens with zero attached hydrogens (tertiary/aromatic N) is 1. The van der Waals surface area contributed by atoms with Gasteiger partial charge in [0.2, 0.25) is 0 Å². The summed E-state index contributed by atoms with van der Waals surface area (Å²) in [5.74, 6) is 0. The second kappa shape index (κ2) is 5.20. The Kier molecular flexibility index (Phi) is 3.37. The Balaban J connectivity index is 2.08. The summed E-state index contributed by atoms with van der Waals surface area (Å²) < 4.78 is 39.1. The summed E-state index contributed by atoms with van der Waals surface area (Å²) in [6, 6.07) is 15.1. The third kappa shape index (κ3) is 2.75. The fourth-order valence-corrected chi connectivity index (χ4v) is 2.45. The minimum Gasteiger partial charge on any atom is -0.260 e. The van der Waals surface area contributed by atoms with Crippen LogP contribution in [0.25, 0.3) is 10.8 Å². The molecule has 4 heteroatoms. The van der Waals surface area contributed by atoms with E-state index in [0.717, 1.165) is 16.8 Å². The zero-order chi connectivity index (χ0) is 14.9. The summed E-state index contributed by atoms with van der Waals surface area (Å²) >= 11 is 0. The average molecular weight is 287 g/mol. The molecular weight excluding hydrogens is 275 g/mol. The number of pyridine rings is 1. The Bertz CT molecular complexity index is 773. The van der Waals surface area contributed by atoms with Crippen LogP contribution in [0.4, 0.5) is 13.2 Å². The van der Waals surface area contributed by atoms with Crippen molar-refractivity contribution in [3.05, 3.63) is 77.6 Å². The molecule has 0 amide bonds. The van der Waals surface area contributed by atoms with E-state index >= 15 is 0 Å². The topological polar surface area (TPSA) is 12.9 Å². The molecule has 2 aromatic carbocycles. The molecule has 1 heterocycles. The smallest absolute Gasteiger partial charge is 0.260 e. The zero-order valence-corrected chi connectivity index (χ0v) is 11.1. The van der Waals surface area contributed by atoms with Crippen molar-refractivity contribution in [2.45, 2.75) is 12.6 Å². The van der Waals surface area contributed by atoms with Crippen LogP contribution in [0.3, 0.4) is 0 Å². The van der Waals surface area contributed by atoms with E-state index in [1.807, 2.05) is 30.3 Å². The number of alkyl halides is 3. The van der Waals surface area contributed by atoms with Crippen molar-refractivity contribution in [3.63, 3.8) is 0 Å². The number of aromatic nitrogens is 1. The van der Waals surface area contributed by atoms with Gasteiger partial charge in [0, 0.05) is 18.0 Å². The molecule has 0 aliphatic carbocycles. The number of halogens is 3. The molecule has 0 N–H and O–H groups in total. The third-order valence-electron chi connectivity index (χ3n) is 3.44. The third-order valence-corrected chi connectivity index (χ3v) is 3.44. The van der Waals surface area contributed by atoms with Gasteiger partial charge < -0.3 is 0 Å². The molecule has 1 aromatic heterocycles. The second-order valence-corrected chi connectivity index (χ2v) is 4.81. The van der Waals surface area contributed by atoms with E-state index in [4.69, 9.17) is 0 Å². The second-order valence-electron chi connectivity index (χ2n) is 4.81. The molecular formula is C17H12F3N. The van der Waals surface area contributed by atoms with Crippen molar-refractivity contribution in [3.8, 4) is 0 Å². The summed E-state index contributed by atoms with van der Waals surface area (Å²) in [6.45, 7) is 0. The van der Waals surface area contributed by atoms with Crippen LogP contribution in [-0.4, -0.2) is 4.98 Å². The number of rotatable bonds is 2. The first-order valence-electron chi connectivity index (χ1n) is 6.53. The lowest BCUT2D eigenvalue weighted by Gasteiger charge is -2.13. The Hall–Kier alpha value is -2.36. The van der Waals surface area contributed by atoms with Gasteiger partial charge in [-0.3, -0.25) is 4.98 Å². The number of benzene rings is 2. The van der Waals surface area contributed by atoms with Gasteiger partial charge in [-0.2, -0.15) is 13.2 Å². The maximum Gasteiger partial charge on any atom is 0.416 e. The van der Waals surface area contributed by atoms with Gasteiger partial charge in [0.1, 0.15) is 0 Å². The molecule has 0 radical (unpaired) electrons. The summed E-state index contributed by atoms with van der Waals surface area (Å²) in [5.41, 5.74) is 0.304. The molecule has 0 spiro atoms. The standard InChI is InChI=1S/C17H12F3N/c18-17(19,20)15-8-4-2-6-13(15)11-16-14-7-3-1-5-12(14)9-10-21-16/h1-10H,11H2. The monoisotopic (exact) mass is 287 g/mol. The van der Waals surface area contributed by atoms with Crippen molar-refractivity contribution in [1.82, 2.24) is 4.98 Å². The molecule has 21 heavy (non-hydrogen) atoms. The lowest BCUT2D eigenvalue weighted by atomic mass is 9.99. The SMILES string of the molecule is FC(F)(F)c1ccccc1Cc1nccc2ccccc12. The van der Waals surface area contributed by atoms with E-state index in [0.29, 0.717) is 5.69 Å². The fraction of sp³-hybridized carbons (Fsp3) is 0.118. The molecule has 0 aliphatic rings. The molecule has 3 rings (SSSR count). The Morgan fingerprint density at radius 2 is 1.57 bits per heavy atom. The number of hydrogen-bond donors (Lipinski definition) is 0. The normalized spacial score (nSPS) is 11.8. The van der Waals surface area contributed by atoms with E-state index in [2.05, 4.69) is 4.98 Å². The van der Waals surface area contributed by atoms with E-state index in [1.54, 1.807) is 12.3 Å². The van der Waals surface area contributed by atoms with Crippen LogP contribution in [0.2, 0.25) is 0 Å². The maximum absolute atomic E-state index is 13.0.